The third kappa shape index (κ3) is 2.67. The Kier molecular flexibility index (Phi) is 3.71. The van der Waals surface area contributed by atoms with Crippen LogP contribution in [0.5, 0.6) is 0 Å². The first-order valence-electron chi connectivity index (χ1n) is 7.04. The molecule has 0 aliphatic carbocycles. The molecule has 2 N–H and O–H groups in total. The van der Waals surface area contributed by atoms with Gasteiger partial charge in [0.1, 0.15) is 5.82 Å². The van der Waals surface area contributed by atoms with Gasteiger partial charge in [-0.2, -0.15) is 0 Å². The largest absolute Gasteiger partial charge is 0.336 e. The summed E-state index contributed by atoms with van der Waals surface area (Å²) in [6, 6.07) is 13.5. The van der Waals surface area contributed by atoms with E-state index in [1.165, 1.54) is 6.07 Å². The minimum atomic E-state index is -0.514. The number of nitrogens with two attached hydrogens (primary N) is 1. The molecule has 2 aromatic rings. The summed E-state index contributed by atoms with van der Waals surface area (Å²) in [5, 5.41) is 0. The average Bonchev–Trinajstić information content (AvgIpc) is 2.51. The molecule has 108 valence electrons. The fourth-order valence-corrected chi connectivity index (χ4v) is 2.76. The lowest BCUT2D eigenvalue weighted by atomic mass is 9.98. The van der Waals surface area contributed by atoms with E-state index in [4.69, 9.17) is 5.73 Å². The number of amides is 1. The lowest BCUT2D eigenvalue weighted by molar-refractivity contribution is 0.0728. The van der Waals surface area contributed by atoms with E-state index in [1.807, 2.05) is 24.3 Å². The Morgan fingerprint density at radius 2 is 1.86 bits per heavy atom. The second kappa shape index (κ2) is 5.66. The van der Waals surface area contributed by atoms with Gasteiger partial charge in [-0.15, -0.1) is 0 Å². The maximum Gasteiger partial charge on any atom is 0.254 e. The van der Waals surface area contributed by atoms with Crippen LogP contribution in [-0.2, 0) is 6.42 Å². The summed E-state index contributed by atoms with van der Waals surface area (Å²) < 4.78 is 13.7. The molecule has 1 unspecified atom stereocenters. The van der Waals surface area contributed by atoms with E-state index in [1.54, 1.807) is 23.1 Å². The fourth-order valence-electron chi connectivity index (χ4n) is 2.76. The monoisotopic (exact) mass is 284 g/mol. The number of hydrogen-bond donors (Lipinski definition) is 1. The van der Waals surface area contributed by atoms with Crippen LogP contribution in [0.1, 0.15) is 27.5 Å². The number of carbonyl (C=O) groups excluding carboxylic acids is 1. The summed E-state index contributed by atoms with van der Waals surface area (Å²) in [5.74, 6) is -0.349. The van der Waals surface area contributed by atoms with Crippen LogP contribution >= 0.6 is 0 Å². The van der Waals surface area contributed by atoms with Crippen molar-refractivity contribution in [2.45, 2.75) is 12.5 Å². The Bertz CT molecular complexity index is 671. The van der Waals surface area contributed by atoms with Gasteiger partial charge < -0.3 is 10.6 Å². The van der Waals surface area contributed by atoms with Crippen molar-refractivity contribution in [3.05, 3.63) is 71.0 Å². The van der Waals surface area contributed by atoms with Crippen LogP contribution in [0.15, 0.2) is 48.5 Å². The predicted molar refractivity (Wildman–Crippen MR) is 79.4 cm³/mol. The van der Waals surface area contributed by atoms with Gasteiger partial charge in [0, 0.05) is 24.2 Å². The van der Waals surface area contributed by atoms with Crippen LogP contribution in [0.4, 0.5) is 4.39 Å². The third-order valence-electron chi connectivity index (χ3n) is 3.91. The normalized spacial score (nSPS) is 15.7. The topological polar surface area (TPSA) is 46.3 Å². The van der Waals surface area contributed by atoms with Crippen molar-refractivity contribution < 1.29 is 9.18 Å². The molecule has 1 aliphatic rings. The van der Waals surface area contributed by atoms with Gasteiger partial charge in [0.2, 0.25) is 0 Å². The lowest BCUT2D eigenvalue weighted by Crippen LogP contribution is -2.41. The van der Waals surface area contributed by atoms with Crippen LogP contribution in [-0.4, -0.2) is 23.9 Å². The van der Waals surface area contributed by atoms with Crippen molar-refractivity contribution >= 4 is 5.91 Å². The lowest BCUT2D eigenvalue weighted by Gasteiger charge is -2.30. The molecule has 0 spiro atoms. The maximum atomic E-state index is 13.7. The molecule has 4 heteroatoms. The van der Waals surface area contributed by atoms with Gasteiger partial charge in [0.25, 0.3) is 5.91 Å². The number of rotatable bonds is 3. The molecule has 1 aliphatic heterocycles. The highest BCUT2D eigenvalue weighted by Gasteiger charge is 2.26. The maximum absolute atomic E-state index is 13.7. The molecular weight excluding hydrogens is 267 g/mol. The Balaban J connectivity index is 1.78. The average molecular weight is 284 g/mol. The zero-order chi connectivity index (χ0) is 14.8. The molecule has 3 nitrogen and oxygen atoms in total. The molecule has 1 amide bonds. The Hall–Kier alpha value is -2.20. The van der Waals surface area contributed by atoms with E-state index in [0.29, 0.717) is 18.7 Å². The number of carbonyl (C=O) groups is 1. The summed E-state index contributed by atoms with van der Waals surface area (Å²) in [6.45, 7) is 0.950. The van der Waals surface area contributed by atoms with E-state index in [9.17, 15) is 9.18 Å². The SMILES string of the molecule is NC(CN1CCc2ccccc2C1=O)c1ccccc1F. The molecule has 0 bridgehead atoms. The van der Waals surface area contributed by atoms with Gasteiger partial charge in [-0.05, 0) is 24.1 Å². The minimum absolute atomic E-state index is 0.0244. The van der Waals surface area contributed by atoms with E-state index in [0.717, 1.165) is 17.5 Å². The second-order valence-corrected chi connectivity index (χ2v) is 5.29. The number of halogens is 1. The Morgan fingerprint density at radius 3 is 2.67 bits per heavy atom. The molecule has 0 aromatic heterocycles. The molecular formula is C17H17FN2O. The van der Waals surface area contributed by atoms with Crippen LogP contribution in [0, 0.1) is 5.82 Å². The minimum Gasteiger partial charge on any atom is -0.336 e. The van der Waals surface area contributed by atoms with E-state index in [2.05, 4.69) is 0 Å². The first-order valence-corrected chi connectivity index (χ1v) is 7.04. The van der Waals surface area contributed by atoms with Crippen molar-refractivity contribution in [2.24, 2.45) is 5.73 Å². The van der Waals surface area contributed by atoms with Crippen molar-refractivity contribution in [1.82, 2.24) is 4.90 Å². The molecule has 1 heterocycles. The van der Waals surface area contributed by atoms with Crippen LogP contribution in [0.25, 0.3) is 0 Å². The van der Waals surface area contributed by atoms with Crippen LogP contribution in [0.3, 0.4) is 0 Å². The summed E-state index contributed by atoms with van der Waals surface area (Å²) in [4.78, 5) is 14.2. The standard InChI is InChI=1S/C17H17FN2O/c18-15-8-4-3-7-14(15)16(19)11-20-10-9-12-5-1-2-6-13(12)17(20)21/h1-8,16H,9-11,19H2. The van der Waals surface area contributed by atoms with Gasteiger partial charge in [-0.1, -0.05) is 36.4 Å². The van der Waals surface area contributed by atoms with Gasteiger partial charge in [-0.25, -0.2) is 4.39 Å². The van der Waals surface area contributed by atoms with Gasteiger partial charge in [-0.3, -0.25) is 4.79 Å². The van der Waals surface area contributed by atoms with E-state index < -0.39 is 6.04 Å². The van der Waals surface area contributed by atoms with Gasteiger partial charge >= 0.3 is 0 Å². The summed E-state index contributed by atoms with van der Waals surface area (Å²) in [5.41, 5.74) is 8.32. The molecule has 0 fully saturated rings. The van der Waals surface area contributed by atoms with Crippen molar-refractivity contribution in [3.63, 3.8) is 0 Å². The predicted octanol–water partition coefficient (Wildman–Crippen LogP) is 2.52. The van der Waals surface area contributed by atoms with Gasteiger partial charge in [0.05, 0.1) is 6.04 Å². The molecule has 0 saturated heterocycles. The van der Waals surface area contributed by atoms with E-state index >= 15 is 0 Å². The highest BCUT2D eigenvalue weighted by atomic mass is 19.1. The summed E-state index contributed by atoms with van der Waals surface area (Å²) in [7, 11) is 0. The number of hydrogen-bond acceptors (Lipinski definition) is 2. The summed E-state index contributed by atoms with van der Waals surface area (Å²) >= 11 is 0. The first-order chi connectivity index (χ1) is 10.2. The Morgan fingerprint density at radius 1 is 1.14 bits per heavy atom. The molecule has 2 aromatic carbocycles. The zero-order valence-corrected chi connectivity index (χ0v) is 11.6. The highest BCUT2D eigenvalue weighted by molar-refractivity contribution is 5.96. The quantitative estimate of drug-likeness (QED) is 0.941. The molecule has 1 atom stereocenters. The molecule has 0 saturated carbocycles. The van der Waals surface area contributed by atoms with Crippen molar-refractivity contribution in [2.75, 3.05) is 13.1 Å². The van der Waals surface area contributed by atoms with Gasteiger partial charge in [0.15, 0.2) is 0 Å². The summed E-state index contributed by atoms with van der Waals surface area (Å²) in [6.07, 6.45) is 0.811. The number of nitrogens with zero attached hydrogens (tertiary/aromatic N) is 1. The Labute approximate surface area is 123 Å². The van der Waals surface area contributed by atoms with Crippen LogP contribution in [0.2, 0.25) is 0 Å². The number of benzene rings is 2. The highest BCUT2D eigenvalue weighted by Crippen LogP contribution is 2.22. The number of fused-ring (bicyclic) bond motifs is 1. The van der Waals surface area contributed by atoms with Crippen molar-refractivity contribution in [3.8, 4) is 0 Å². The zero-order valence-electron chi connectivity index (χ0n) is 11.6. The second-order valence-electron chi connectivity index (χ2n) is 5.29. The fraction of sp³-hybridized carbons (Fsp3) is 0.235. The first kappa shape index (κ1) is 13.8. The molecule has 0 radical (unpaired) electrons. The van der Waals surface area contributed by atoms with Crippen molar-refractivity contribution in [1.29, 1.82) is 0 Å². The smallest absolute Gasteiger partial charge is 0.254 e. The third-order valence-corrected chi connectivity index (χ3v) is 3.91. The molecule has 21 heavy (non-hydrogen) atoms. The van der Waals surface area contributed by atoms with Crippen LogP contribution < -0.4 is 5.73 Å². The van der Waals surface area contributed by atoms with E-state index in [-0.39, 0.29) is 11.7 Å². The molecule has 3 rings (SSSR count).